The van der Waals surface area contributed by atoms with E-state index in [0.717, 1.165) is 28.1 Å². The van der Waals surface area contributed by atoms with E-state index in [4.69, 9.17) is 0 Å². The molecule has 0 radical (unpaired) electrons. The Morgan fingerprint density at radius 1 is 1.08 bits per heavy atom. The third kappa shape index (κ3) is 4.24. The Hall–Kier alpha value is -1.66. The Morgan fingerprint density at radius 3 is 2.17 bits per heavy atom. The molecular weight excluding hydrogens is 322 g/mol. The van der Waals surface area contributed by atoms with Crippen molar-refractivity contribution in [2.45, 2.75) is 53.0 Å². The maximum atomic E-state index is 12.7. The van der Waals surface area contributed by atoms with Gasteiger partial charge in [0, 0.05) is 18.8 Å². The Balaban J connectivity index is 2.09. The van der Waals surface area contributed by atoms with Gasteiger partial charge in [-0.15, -0.1) is 0 Å². The smallest absolute Gasteiger partial charge is 0.241 e. The molecule has 1 atom stereocenters. The van der Waals surface area contributed by atoms with E-state index in [-0.39, 0.29) is 5.92 Å². The second-order valence-corrected chi connectivity index (χ2v) is 8.50. The van der Waals surface area contributed by atoms with Crippen LogP contribution >= 0.6 is 0 Å². The maximum absolute atomic E-state index is 12.7. The van der Waals surface area contributed by atoms with E-state index in [1.165, 1.54) is 0 Å². The van der Waals surface area contributed by atoms with Gasteiger partial charge >= 0.3 is 0 Å². The summed E-state index contributed by atoms with van der Waals surface area (Å²) in [7, 11) is -3.51. The van der Waals surface area contributed by atoms with Crippen LogP contribution in [0.3, 0.4) is 0 Å². The molecule has 2 rings (SSSR count). The summed E-state index contributed by atoms with van der Waals surface area (Å²) in [6.45, 7) is 12.7. The van der Waals surface area contributed by atoms with Crippen molar-refractivity contribution < 1.29 is 8.42 Å². The second kappa shape index (κ2) is 7.07. The van der Waals surface area contributed by atoms with E-state index in [0.29, 0.717) is 18.0 Å². The van der Waals surface area contributed by atoms with Crippen LogP contribution in [-0.2, 0) is 16.6 Å². The van der Waals surface area contributed by atoms with Crippen LogP contribution in [0.4, 0.5) is 0 Å². The zero-order valence-electron chi connectivity index (χ0n) is 15.3. The average Bonchev–Trinajstić information content (AvgIpc) is 2.73. The largest absolute Gasteiger partial charge is 0.269 e. The number of aromatic nitrogens is 2. The normalized spacial score (nSPS) is 13.2. The quantitative estimate of drug-likeness (QED) is 0.872. The molecule has 2 aromatic rings. The van der Waals surface area contributed by atoms with E-state index in [2.05, 4.69) is 9.82 Å². The van der Waals surface area contributed by atoms with Crippen LogP contribution in [0.2, 0.25) is 0 Å². The summed E-state index contributed by atoms with van der Waals surface area (Å²) in [5.74, 6) is 0.142. The molecule has 1 N–H and O–H groups in total. The molecule has 1 heterocycles. The minimum Gasteiger partial charge on any atom is -0.269 e. The van der Waals surface area contributed by atoms with Gasteiger partial charge in [-0.25, -0.2) is 13.1 Å². The first-order valence-electron chi connectivity index (χ1n) is 8.18. The Morgan fingerprint density at radius 2 is 1.67 bits per heavy atom. The first-order chi connectivity index (χ1) is 11.1. The lowest BCUT2D eigenvalue weighted by molar-refractivity contribution is 0.436. The highest BCUT2D eigenvalue weighted by atomic mass is 32.2. The van der Waals surface area contributed by atoms with Crippen molar-refractivity contribution in [3.8, 4) is 0 Å². The van der Waals surface area contributed by atoms with Gasteiger partial charge < -0.3 is 0 Å². The lowest BCUT2D eigenvalue weighted by Crippen LogP contribution is -2.31. The summed E-state index contributed by atoms with van der Waals surface area (Å²) >= 11 is 0. The molecule has 6 heteroatoms. The molecule has 5 nitrogen and oxygen atoms in total. The minimum absolute atomic E-state index is 0.142. The molecule has 1 aromatic carbocycles. The number of nitrogens with zero attached hydrogens (tertiary/aromatic N) is 2. The molecule has 132 valence electrons. The minimum atomic E-state index is -3.51. The first kappa shape index (κ1) is 18.7. The second-order valence-electron chi connectivity index (χ2n) is 6.79. The molecule has 0 bridgehead atoms. The number of hydrogen-bond donors (Lipinski definition) is 1. The standard InChI is InChI=1S/C18H27N3O2S/c1-12-7-14(3)18(15(4)8-12)24(22,23)19-10-13(2)11-21-17(6)9-16(5)20-21/h7-9,13,19H,10-11H2,1-6H3/t13-/m1/s1. The van der Waals surface area contributed by atoms with E-state index in [9.17, 15) is 8.42 Å². The lowest BCUT2D eigenvalue weighted by Gasteiger charge is -2.16. The van der Waals surface area contributed by atoms with E-state index in [1.54, 1.807) is 0 Å². The predicted molar refractivity (Wildman–Crippen MR) is 96.7 cm³/mol. The highest BCUT2D eigenvalue weighted by Crippen LogP contribution is 2.21. The van der Waals surface area contributed by atoms with Gasteiger partial charge in [0.1, 0.15) is 0 Å². The fourth-order valence-electron chi connectivity index (χ4n) is 3.13. The fourth-order valence-corrected chi connectivity index (χ4v) is 4.75. The number of sulfonamides is 1. The van der Waals surface area contributed by atoms with Crippen molar-refractivity contribution >= 4 is 10.0 Å². The molecule has 1 aromatic heterocycles. The summed E-state index contributed by atoms with van der Waals surface area (Å²) in [4.78, 5) is 0.395. The summed E-state index contributed by atoms with van der Waals surface area (Å²) in [5, 5.41) is 4.43. The molecule has 0 saturated carbocycles. The van der Waals surface area contributed by atoms with E-state index in [1.807, 2.05) is 64.4 Å². The van der Waals surface area contributed by atoms with E-state index < -0.39 is 10.0 Å². The van der Waals surface area contributed by atoms with Gasteiger partial charge in [0.05, 0.1) is 10.6 Å². The number of rotatable bonds is 6. The van der Waals surface area contributed by atoms with Crippen LogP contribution in [0.5, 0.6) is 0 Å². The molecule has 0 spiro atoms. The molecule has 0 aliphatic rings. The SMILES string of the molecule is Cc1cc(C)c(S(=O)(=O)NC[C@@H](C)Cn2nc(C)cc2C)c(C)c1. The van der Waals surface area contributed by atoms with Crippen LogP contribution in [-0.4, -0.2) is 24.7 Å². The van der Waals surface area contributed by atoms with Crippen molar-refractivity contribution in [2.75, 3.05) is 6.54 Å². The van der Waals surface area contributed by atoms with Crippen LogP contribution in [0.25, 0.3) is 0 Å². The number of hydrogen-bond acceptors (Lipinski definition) is 3. The van der Waals surface area contributed by atoms with Crippen LogP contribution in [0, 0.1) is 40.5 Å². The van der Waals surface area contributed by atoms with Gasteiger partial charge in [0.15, 0.2) is 0 Å². The first-order valence-corrected chi connectivity index (χ1v) is 9.67. The number of benzene rings is 1. The van der Waals surface area contributed by atoms with Gasteiger partial charge in [-0.1, -0.05) is 24.6 Å². The van der Waals surface area contributed by atoms with Crippen LogP contribution < -0.4 is 4.72 Å². The maximum Gasteiger partial charge on any atom is 0.241 e. The van der Waals surface area contributed by atoms with Crippen LogP contribution in [0.15, 0.2) is 23.1 Å². The molecule has 0 aliphatic heterocycles. The van der Waals surface area contributed by atoms with Gasteiger partial charge in [0.2, 0.25) is 10.0 Å². The number of aryl methyl sites for hydroxylation is 5. The van der Waals surface area contributed by atoms with Gasteiger partial charge in [-0.05, 0) is 57.7 Å². The Labute approximate surface area is 145 Å². The monoisotopic (exact) mass is 349 g/mol. The lowest BCUT2D eigenvalue weighted by atomic mass is 10.1. The third-order valence-corrected chi connectivity index (χ3v) is 5.81. The van der Waals surface area contributed by atoms with Gasteiger partial charge in [-0.2, -0.15) is 5.10 Å². The van der Waals surface area contributed by atoms with Crippen molar-refractivity contribution in [3.63, 3.8) is 0 Å². The van der Waals surface area contributed by atoms with Crippen molar-refractivity contribution in [2.24, 2.45) is 5.92 Å². The highest BCUT2D eigenvalue weighted by Gasteiger charge is 2.20. The van der Waals surface area contributed by atoms with Crippen LogP contribution in [0.1, 0.15) is 35.0 Å². The molecule has 0 amide bonds. The molecular formula is C18H27N3O2S. The summed E-state index contributed by atoms with van der Waals surface area (Å²) < 4.78 is 30.0. The molecule has 0 unspecified atom stereocenters. The van der Waals surface area contributed by atoms with E-state index >= 15 is 0 Å². The fraction of sp³-hybridized carbons (Fsp3) is 0.500. The average molecular weight is 350 g/mol. The topological polar surface area (TPSA) is 64.0 Å². The zero-order valence-corrected chi connectivity index (χ0v) is 16.2. The predicted octanol–water partition coefficient (Wildman–Crippen LogP) is 3.04. The Kier molecular flexibility index (Phi) is 5.50. The van der Waals surface area contributed by atoms with Gasteiger partial charge in [-0.3, -0.25) is 4.68 Å². The summed E-state index contributed by atoms with van der Waals surface area (Å²) in [6.07, 6.45) is 0. The summed E-state index contributed by atoms with van der Waals surface area (Å²) in [6, 6.07) is 5.83. The van der Waals surface area contributed by atoms with Crippen molar-refractivity contribution in [1.82, 2.24) is 14.5 Å². The molecule has 0 fully saturated rings. The Bertz CT molecular complexity index is 815. The number of nitrogens with one attached hydrogen (secondary N) is 1. The zero-order chi connectivity index (χ0) is 18.1. The summed E-state index contributed by atoms with van der Waals surface area (Å²) in [5.41, 5.74) is 4.71. The highest BCUT2D eigenvalue weighted by molar-refractivity contribution is 7.89. The molecule has 0 saturated heterocycles. The third-order valence-electron chi connectivity index (χ3n) is 4.08. The van der Waals surface area contributed by atoms with Gasteiger partial charge in [0.25, 0.3) is 0 Å². The van der Waals surface area contributed by atoms with Crippen molar-refractivity contribution in [3.05, 3.63) is 46.3 Å². The molecule has 0 aliphatic carbocycles. The molecule has 24 heavy (non-hydrogen) atoms. The van der Waals surface area contributed by atoms with Crippen molar-refractivity contribution in [1.29, 1.82) is 0 Å².